The summed E-state index contributed by atoms with van der Waals surface area (Å²) >= 11 is 0. The van der Waals surface area contributed by atoms with Gasteiger partial charge in [0, 0.05) is 11.7 Å². The fourth-order valence-corrected chi connectivity index (χ4v) is 1.90. The lowest BCUT2D eigenvalue weighted by Gasteiger charge is -1.94. The van der Waals surface area contributed by atoms with Gasteiger partial charge in [0.15, 0.2) is 0 Å². The lowest BCUT2D eigenvalue weighted by Crippen LogP contribution is -1.92. The van der Waals surface area contributed by atoms with Gasteiger partial charge in [-0.15, -0.1) is 6.17 Å². The van der Waals surface area contributed by atoms with Gasteiger partial charge in [0.05, 0.1) is 0 Å². The lowest BCUT2D eigenvalue weighted by atomic mass is 10.3. The first-order valence-electron chi connectivity index (χ1n) is 3.60. The first kappa shape index (κ1) is 6.55. The quantitative estimate of drug-likeness (QED) is 0.552. The Hall–Kier alpha value is -1.15. The minimum atomic E-state index is 0.127. The van der Waals surface area contributed by atoms with Crippen molar-refractivity contribution in [1.82, 2.24) is 4.23 Å². The van der Waals surface area contributed by atoms with Crippen LogP contribution in [0.4, 0.5) is 0 Å². The van der Waals surface area contributed by atoms with E-state index in [0.717, 1.165) is 0 Å². The highest BCUT2D eigenvalue weighted by molar-refractivity contribution is 6.40. The molecule has 0 bridgehead atoms. The minimum absolute atomic E-state index is 0.127. The Kier molecular flexibility index (Phi) is 1.47. The molecule has 0 fully saturated rings. The first-order valence-corrected chi connectivity index (χ1v) is 4.93. The topological polar surface area (TPSA) is 4.93 Å². The van der Waals surface area contributed by atoms with E-state index in [0.29, 0.717) is 0 Å². The number of para-hydroxylation sites is 1. The molecular weight excluding hydrogens is 150 g/mol. The standard InChI is InChI=1S/C9H9NSi/c1-11-10-7-6-8-4-2-3-5-9(8)10/h2-7,11H,1H2. The van der Waals surface area contributed by atoms with Crippen molar-refractivity contribution in [3.63, 3.8) is 0 Å². The van der Waals surface area contributed by atoms with E-state index in [-0.39, 0.29) is 9.29 Å². The van der Waals surface area contributed by atoms with Gasteiger partial charge in [-0.3, -0.25) is 0 Å². The van der Waals surface area contributed by atoms with E-state index in [2.05, 4.69) is 46.9 Å². The number of hydrogen-bond acceptors (Lipinski definition) is 0. The molecule has 0 N–H and O–H groups in total. The minimum Gasteiger partial charge on any atom is -0.357 e. The summed E-state index contributed by atoms with van der Waals surface area (Å²) in [7, 11) is 0.127. The van der Waals surface area contributed by atoms with Gasteiger partial charge in [0.25, 0.3) is 0 Å². The highest BCUT2D eigenvalue weighted by Gasteiger charge is 1.93. The van der Waals surface area contributed by atoms with Crippen molar-refractivity contribution in [2.45, 2.75) is 0 Å². The van der Waals surface area contributed by atoms with Crippen molar-refractivity contribution in [3.05, 3.63) is 36.5 Å². The van der Waals surface area contributed by atoms with E-state index >= 15 is 0 Å². The fourth-order valence-electron chi connectivity index (χ4n) is 1.26. The Morgan fingerprint density at radius 3 is 2.82 bits per heavy atom. The lowest BCUT2D eigenvalue weighted by molar-refractivity contribution is 1.32. The molecule has 11 heavy (non-hydrogen) atoms. The molecule has 0 spiro atoms. The maximum absolute atomic E-state index is 3.92. The van der Waals surface area contributed by atoms with E-state index in [4.69, 9.17) is 0 Å². The van der Waals surface area contributed by atoms with E-state index < -0.39 is 0 Å². The Balaban J connectivity index is 2.86. The summed E-state index contributed by atoms with van der Waals surface area (Å²) in [6, 6.07) is 10.5. The molecule has 0 radical (unpaired) electrons. The van der Waals surface area contributed by atoms with Crippen molar-refractivity contribution >= 4 is 26.4 Å². The second-order valence-corrected chi connectivity index (χ2v) is 3.39. The van der Waals surface area contributed by atoms with Gasteiger partial charge in [-0.05, 0) is 17.5 Å². The van der Waals surface area contributed by atoms with Crippen molar-refractivity contribution in [3.8, 4) is 0 Å². The van der Waals surface area contributed by atoms with Gasteiger partial charge < -0.3 is 4.23 Å². The zero-order chi connectivity index (χ0) is 7.68. The summed E-state index contributed by atoms with van der Waals surface area (Å²) in [5.41, 5.74) is 1.30. The average molecular weight is 159 g/mol. The van der Waals surface area contributed by atoms with Crippen molar-refractivity contribution in [1.29, 1.82) is 0 Å². The second-order valence-electron chi connectivity index (χ2n) is 2.46. The summed E-state index contributed by atoms with van der Waals surface area (Å²) in [4.78, 5) is 0. The molecule has 0 saturated carbocycles. The van der Waals surface area contributed by atoms with Crippen LogP contribution in [0.25, 0.3) is 10.9 Å². The molecule has 0 unspecified atom stereocenters. The molecule has 0 amide bonds. The van der Waals surface area contributed by atoms with Crippen LogP contribution >= 0.6 is 0 Å². The zero-order valence-corrected chi connectivity index (χ0v) is 7.35. The van der Waals surface area contributed by atoms with Crippen molar-refractivity contribution < 1.29 is 0 Å². The fraction of sp³-hybridized carbons (Fsp3) is 0. The predicted molar refractivity (Wildman–Crippen MR) is 51.6 cm³/mol. The molecule has 0 atom stereocenters. The van der Waals surface area contributed by atoms with Gasteiger partial charge in [0.2, 0.25) is 0 Å². The molecule has 54 valence electrons. The summed E-state index contributed by atoms with van der Waals surface area (Å²) in [5.74, 6) is 0. The van der Waals surface area contributed by atoms with Crippen molar-refractivity contribution in [2.24, 2.45) is 0 Å². The molecule has 1 aromatic carbocycles. The van der Waals surface area contributed by atoms with Crippen LogP contribution in [0.2, 0.25) is 0 Å². The molecule has 2 rings (SSSR count). The molecule has 2 heteroatoms. The summed E-state index contributed by atoms with van der Waals surface area (Å²) in [6.07, 6.45) is 6.03. The van der Waals surface area contributed by atoms with E-state index in [1.807, 2.05) is 0 Å². The SMILES string of the molecule is C=[SiH]n1ccc2ccccc21. The van der Waals surface area contributed by atoms with Crippen LogP contribution in [-0.4, -0.2) is 19.7 Å². The van der Waals surface area contributed by atoms with Crippen LogP contribution in [0.1, 0.15) is 0 Å². The molecule has 0 aliphatic heterocycles. The van der Waals surface area contributed by atoms with E-state index in [1.54, 1.807) is 0 Å². The molecule has 1 aromatic heterocycles. The molecule has 0 aliphatic carbocycles. The number of fused-ring (bicyclic) bond motifs is 1. The Morgan fingerprint density at radius 1 is 1.18 bits per heavy atom. The van der Waals surface area contributed by atoms with Crippen LogP contribution in [0, 0.1) is 0 Å². The van der Waals surface area contributed by atoms with Gasteiger partial charge in [-0.2, -0.15) is 0 Å². The predicted octanol–water partition coefficient (Wildman–Crippen LogP) is 1.27. The Bertz CT molecular complexity index is 389. The van der Waals surface area contributed by atoms with Crippen LogP contribution < -0.4 is 0 Å². The largest absolute Gasteiger partial charge is 0.357 e. The number of aromatic nitrogens is 1. The Morgan fingerprint density at radius 2 is 2.00 bits per heavy atom. The number of rotatable bonds is 1. The molecule has 1 heterocycles. The third kappa shape index (κ3) is 0.954. The van der Waals surface area contributed by atoms with Crippen LogP contribution in [0.15, 0.2) is 36.5 Å². The molecule has 0 aliphatic rings. The van der Waals surface area contributed by atoms with Crippen molar-refractivity contribution in [2.75, 3.05) is 0 Å². The van der Waals surface area contributed by atoms with Crippen LogP contribution in [0.3, 0.4) is 0 Å². The third-order valence-corrected chi connectivity index (χ3v) is 2.67. The third-order valence-electron chi connectivity index (χ3n) is 1.83. The van der Waals surface area contributed by atoms with Gasteiger partial charge in [-0.25, -0.2) is 0 Å². The molecular formula is C9H9NSi. The van der Waals surface area contributed by atoms with E-state index in [9.17, 15) is 0 Å². The van der Waals surface area contributed by atoms with Gasteiger partial charge in [0.1, 0.15) is 9.29 Å². The summed E-state index contributed by atoms with van der Waals surface area (Å²) < 4.78 is 2.22. The van der Waals surface area contributed by atoms with Gasteiger partial charge >= 0.3 is 0 Å². The maximum Gasteiger partial charge on any atom is 0.110 e. The summed E-state index contributed by atoms with van der Waals surface area (Å²) in [6.45, 7) is 0. The number of nitrogens with zero attached hydrogens (tertiary/aromatic N) is 1. The van der Waals surface area contributed by atoms with E-state index in [1.165, 1.54) is 10.9 Å². The van der Waals surface area contributed by atoms with Crippen LogP contribution in [-0.2, 0) is 0 Å². The summed E-state index contributed by atoms with van der Waals surface area (Å²) in [5, 5.41) is 1.31. The second kappa shape index (κ2) is 2.47. The average Bonchev–Trinajstić information content (AvgIpc) is 2.47. The highest BCUT2D eigenvalue weighted by Crippen LogP contribution is 2.12. The molecule has 1 nitrogen and oxygen atoms in total. The maximum atomic E-state index is 3.92. The molecule has 2 aromatic rings. The first-order chi connectivity index (χ1) is 5.42. The number of benzene rings is 1. The smallest absolute Gasteiger partial charge is 0.110 e. The molecule has 0 saturated heterocycles. The Labute approximate surface area is 67.8 Å². The monoisotopic (exact) mass is 159 g/mol. The highest BCUT2D eigenvalue weighted by atomic mass is 28.2. The van der Waals surface area contributed by atoms with Gasteiger partial charge in [-0.1, -0.05) is 18.2 Å². The van der Waals surface area contributed by atoms with Crippen LogP contribution in [0.5, 0.6) is 0 Å². The number of hydrogen-bond donors (Lipinski definition) is 0. The zero-order valence-electron chi connectivity index (χ0n) is 6.20. The normalized spacial score (nSPS) is 10.2.